The van der Waals surface area contributed by atoms with Gasteiger partial charge in [0.25, 0.3) is 0 Å². The Bertz CT molecular complexity index is 1330. The number of benzene rings is 1. The molecule has 38 heavy (non-hydrogen) atoms. The zero-order valence-corrected chi connectivity index (χ0v) is 22.6. The summed E-state index contributed by atoms with van der Waals surface area (Å²) in [4.78, 5) is 26.7. The quantitative estimate of drug-likeness (QED) is 0.370. The zero-order valence-electron chi connectivity index (χ0n) is 21.8. The molecule has 3 N–H and O–H groups in total. The predicted molar refractivity (Wildman–Crippen MR) is 147 cm³/mol. The third kappa shape index (κ3) is 5.63. The number of halogens is 1. The Kier molecular flexibility index (Phi) is 6.73. The molecule has 1 saturated carbocycles. The summed E-state index contributed by atoms with van der Waals surface area (Å²) in [6.07, 6.45) is 5.32. The van der Waals surface area contributed by atoms with Crippen LogP contribution in [0, 0.1) is 24.1 Å². The van der Waals surface area contributed by atoms with Crippen molar-refractivity contribution in [1.82, 2.24) is 25.1 Å². The fourth-order valence-corrected chi connectivity index (χ4v) is 6.20. The lowest BCUT2D eigenvalue weighted by Crippen LogP contribution is -2.41. The van der Waals surface area contributed by atoms with Crippen molar-refractivity contribution in [2.45, 2.75) is 49.1 Å². The molecule has 6 rings (SSSR count). The van der Waals surface area contributed by atoms with Crippen LogP contribution < -0.4 is 15.5 Å². The largest absolute Gasteiger partial charge is 0.356 e. The molecule has 0 atom stereocenters. The third-order valence-corrected chi connectivity index (χ3v) is 8.70. The number of hydrogen-bond donors (Lipinski definition) is 3. The molecule has 4 heterocycles. The number of amides is 1. The van der Waals surface area contributed by atoms with Gasteiger partial charge in [0, 0.05) is 49.1 Å². The van der Waals surface area contributed by atoms with Crippen molar-refractivity contribution in [2.75, 3.05) is 48.8 Å². The van der Waals surface area contributed by atoms with Gasteiger partial charge in [-0.2, -0.15) is 5.10 Å². The number of nitrogens with zero attached hydrogens (tertiary/aromatic N) is 5. The maximum absolute atomic E-state index is 15.0. The van der Waals surface area contributed by atoms with Crippen LogP contribution in [0.1, 0.15) is 37.8 Å². The molecule has 1 amide bonds. The van der Waals surface area contributed by atoms with Crippen molar-refractivity contribution in [2.24, 2.45) is 11.3 Å². The smallest absolute Gasteiger partial charge is 0.227 e. The van der Waals surface area contributed by atoms with Crippen LogP contribution in [0.5, 0.6) is 0 Å². The summed E-state index contributed by atoms with van der Waals surface area (Å²) in [6, 6.07) is 8.61. The monoisotopic (exact) mass is 536 g/mol. The molecule has 0 bridgehead atoms. The highest BCUT2D eigenvalue weighted by Crippen LogP contribution is 2.41. The molecule has 1 aromatic carbocycles. The number of likely N-dealkylation sites (tertiary alicyclic amines) is 1. The molecule has 2 saturated heterocycles. The first-order valence-electron chi connectivity index (χ1n) is 13.2. The van der Waals surface area contributed by atoms with E-state index in [9.17, 15) is 4.79 Å². The van der Waals surface area contributed by atoms with E-state index in [1.165, 1.54) is 30.8 Å². The fourth-order valence-electron chi connectivity index (χ4n) is 5.42. The van der Waals surface area contributed by atoms with Gasteiger partial charge < -0.3 is 20.4 Å². The van der Waals surface area contributed by atoms with Gasteiger partial charge in [-0.1, -0.05) is 0 Å². The van der Waals surface area contributed by atoms with Gasteiger partial charge in [-0.05, 0) is 88.0 Å². The molecule has 0 unspecified atom stereocenters. The molecule has 3 fully saturated rings. The molecular formula is C27H33FN8OS. The summed E-state index contributed by atoms with van der Waals surface area (Å²) in [5.41, 5.74) is 1.81. The molecule has 11 heteroatoms. The Morgan fingerprint density at radius 1 is 1.11 bits per heavy atom. The van der Waals surface area contributed by atoms with Crippen molar-refractivity contribution < 1.29 is 9.18 Å². The van der Waals surface area contributed by atoms with E-state index < -0.39 is 5.82 Å². The van der Waals surface area contributed by atoms with E-state index in [-0.39, 0.29) is 11.8 Å². The number of rotatable bonds is 7. The van der Waals surface area contributed by atoms with Crippen molar-refractivity contribution in [3.8, 4) is 0 Å². The van der Waals surface area contributed by atoms with Crippen LogP contribution in [0.2, 0.25) is 0 Å². The van der Waals surface area contributed by atoms with Gasteiger partial charge in [0.2, 0.25) is 5.91 Å². The molecule has 2 aromatic heterocycles. The van der Waals surface area contributed by atoms with E-state index in [4.69, 9.17) is 4.98 Å². The molecule has 1 spiro atoms. The van der Waals surface area contributed by atoms with Crippen molar-refractivity contribution in [1.29, 1.82) is 0 Å². The van der Waals surface area contributed by atoms with Crippen LogP contribution in [0.3, 0.4) is 0 Å². The molecule has 3 aromatic rings. The summed E-state index contributed by atoms with van der Waals surface area (Å²) in [7, 11) is 2.20. The Morgan fingerprint density at radius 2 is 1.89 bits per heavy atom. The van der Waals surface area contributed by atoms with Crippen LogP contribution in [-0.4, -0.2) is 64.2 Å². The van der Waals surface area contributed by atoms with Gasteiger partial charge in [0.15, 0.2) is 11.0 Å². The molecule has 0 radical (unpaired) electrons. The average Bonchev–Trinajstić information content (AvgIpc) is 3.58. The average molecular weight is 537 g/mol. The number of aromatic nitrogens is 4. The number of aryl methyl sites for hydroxylation is 1. The first-order chi connectivity index (χ1) is 18.3. The van der Waals surface area contributed by atoms with E-state index in [2.05, 4.69) is 42.7 Å². The van der Waals surface area contributed by atoms with Gasteiger partial charge in [-0.15, -0.1) is 0 Å². The molecule has 2 aliphatic heterocycles. The van der Waals surface area contributed by atoms with Gasteiger partial charge in [0.05, 0.1) is 4.90 Å². The van der Waals surface area contributed by atoms with Gasteiger partial charge in [0.1, 0.15) is 17.5 Å². The highest BCUT2D eigenvalue weighted by molar-refractivity contribution is 7.99. The summed E-state index contributed by atoms with van der Waals surface area (Å²) >= 11 is 1.18. The molecule has 9 nitrogen and oxygen atoms in total. The lowest BCUT2D eigenvalue weighted by molar-refractivity contribution is -0.117. The Morgan fingerprint density at radius 3 is 2.55 bits per heavy atom. The second-order valence-corrected chi connectivity index (χ2v) is 11.9. The number of aromatic amines is 1. The van der Waals surface area contributed by atoms with Crippen LogP contribution in [0.4, 0.5) is 27.5 Å². The maximum atomic E-state index is 15.0. The van der Waals surface area contributed by atoms with Crippen molar-refractivity contribution >= 4 is 40.8 Å². The van der Waals surface area contributed by atoms with Crippen molar-refractivity contribution in [3.05, 3.63) is 41.8 Å². The molecule has 1 aliphatic carbocycles. The zero-order chi connectivity index (χ0) is 26.3. The van der Waals surface area contributed by atoms with E-state index >= 15 is 4.39 Å². The van der Waals surface area contributed by atoms with Crippen molar-refractivity contribution in [3.63, 3.8) is 0 Å². The topological polar surface area (TPSA) is 102 Å². The lowest BCUT2D eigenvalue weighted by Gasteiger charge is -2.39. The summed E-state index contributed by atoms with van der Waals surface area (Å²) in [6.45, 7) is 6.13. The number of H-pyrrole nitrogens is 1. The molecule has 200 valence electrons. The number of carbonyl (C=O) groups excluding carboxylic acids is 1. The number of piperidine rings is 1. The number of carbonyl (C=O) groups is 1. The SMILES string of the molecule is Cc1cc(Nc2cc(N3CCC4(CCN(C)C4)CC3)nc(Sc3ccc(NC(=O)C4CC4)cc3F)n2)n[nH]1. The van der Waals surface area contributed by atoms with Gasteiger partial charge in [-0.3, -0.25) is 9.89 Å². The highest BCUT2D eigenvalue weighted by atomic mass is 32.2. The first-order valence-corrected chi connectivity index (χ1v) is 14.1. The summed E-state index contributed by atoms with van der Waals surface area (Å²) in [5, 5.41) is 13.7. The number of nitrogens with one attached hydrogen (secondary N) is 3. The Hall–Kier alpha value is -3.18. The van der Waals surface area contributed by atoms with E-state index in [0.29, 0.717) is 32.8 Å². The standard InChI is InChI=1S/C27H33FN8OS/c1-17-13-23(34-33-17)30-22-15-24(36-11-8-27(9-12-36)7-10-35(2)16-27)32-26(31-22)38-21-6-5-19(14-20(21)28)29-25(37)18-3-4-18/h5-6,13-15,18H,3-4,7-12,16H2,1-2H3,(H,29,37)(H2,30,31,32,33,34). The molecular weight excluding hydrogens is 503 g/mol. The second-order valence-electron chi connectivity index (χ2n) is 10.9. The fraction of sp³-hybridized carbons (Fsp3) is 0.481. The third-order valence-electron chi connectivity index (χ3n) is 7.78. The minimum Gasteiger partial charge on any atom is -0.356 e. The molecule has 3 aliphatic rings. The summed E-state index contributed by atoms with van der Waals surface area (Å²) < 4.78 is 15.0. The van der Waals surface area contributed by atoms with Crippen LogP contribution in [0.25, 0.3) is 0 Å². The first kappa shape index (κ1) is 25.1. The van der Waals surface area contributed by atoms with Crippen LogP contribution >= 0.6 is 11.8 Å². The summed E-state index contributed by atoms with van der Waals surface area (Å²) in [5.74, 6) is 1.70. The second kappa shape index (κ2) is 10.2. The predicted octanol–water partition coefficient (Wildman–Crippen LogP) is 4.81. The highest BCUT2D eigenvalue weighted by Gasteiger charge is 2.39. The minimum atomic E-state index is -0.416. The van der Waals surface area contributed by atoms with E-state index in [1.54, 1.807) is 12.1 Å². The Labute approximate surface area is 226 Å². The minimum absolute atomic E-state index is 0.0438. The number of hydrogen-bond acceptors (Lipinski definition) is 8. The van der Waals surface area contributed by atoms with Crippen LogP contribution in [0.15, 0.2) is 40.4 Å². The number of anilines is 4. The van der Waals surface area contributed by atoms with Crippen LogP contribution in [-0.2, 0) is 4.79 Å². The Balaban J connectivity index is 1.22. The van der Waals surface area contributed by atoms with Gasteiger partial charge in [-0.25, -0.2) is 14.4 Å². The van der Waals surface area contributed by atoms with E-state index in [1.807, 2.05) is 19.1 Å². The van der Waals surface area contributed by atoms with Gasteiger partial charge >= 0.3 is 0 Å². The lowest BCUT2D eigenvalue weighted by atomic mass is 9.78. The van der Waals surface area contributed by atoms with E-state index in [0.717, 1.165) is 56.8 Å². The normalized spacial score (nSPS) is 19.2. The maximum Gasteiger partial charge on any atom is 0.227 e.